The maximum Gasteiger partial charge on any atom is 0.340 e. The molecule has 0 saturated heterocycles. The Labute approximate surface area is 168 Å². The second kappa shape index (κ2) is 8.32. The van der Waals surface area contributed by atoms with E-state index in [4.69, 9.17) is 16.3 Å². The average Bonchev–Trinajstić information content (AvgIpc) is 2.66. The van der Waals surface area contributed by atoms with Crippen LogP contribution in [0.15, 0.2) is 47.4 Å². The Morgan fingerprint density at radius 3 is 2.71 bits per heavy atom. The largest absolute Gasteiger partial charge is 0.452 e. The van der Waals surface area contributed by atoms with Gasteiger partial charge in [-0.05, 0) is 48.6 Å². The Kier molecular flexibility index (Phi) is 6.05. The number of halogens is 1. The van der Waals surface area contributed by atoms with Crippen molar-refractivity contribution in [2.24, 2.45) is 0 Å². The number of rotatable bonds is 5. The molecular formula is C20H20ClNO5S. The second-order valence-corrected chi connectivity index (χ2v) is 9.12. The van der Waals surface area contributed by atoms with E-state index in [1.54, 1.807) is 0 Å². The molecule has 6 nitrogen and oxygen atoms in total. The third kappa shape index (κ3) is 4.72. The molecule has 0 aromatic heterocycles. The van der Waals surface area contributed by atoms with Gasteiger partial charge in [-0.2, -0.15) is 0 Å². The lowest BCUT2D eigenvalue weighted by Crippen LogP contribution is -2.34. The van der Waals surface area contributed by atoms with Crippen LogP contribution in [0, 0.1) is 0 Å². The molecule has 28 heavy (non-hydrogen) atoms. The molecule has 0 unspecified atom stereocenters. The lowest BCUT2D eigenvalue weighted by atomic mass is 9.88. The van der Waals surface area contributed by atoms with Crippen molar-refractivity contribution in [3.05, 3.63) is 64.2 Å². The molecule has 3 rings (SSSR count). The Morgan fingerprint density at radius 2 is 1.96 bits per heavy atom. The van der Waals surface area contributed by atoms with Crippen LogP contribution in [0.4, 0.5) is 0 Å². The topological polar surface area (TPSA) is 89.5 Å². The van der Waals surface area contributed by atoms with Crippen LogP contribution in [-0.2, 0) is 25.8 Å². The van der Waals surface area contributed by atoms with Crippen LogP contribution >= 0.6 is 11.6 Å². The summed E-state index contributed by atoms with van der Waals surface area (Å²) in [6.45, 7) is -0.475. The first-order valence-corrected chi connectivity index (χ1v) is 11.1. The van der Waals surface area contributed by atoms with Gasteiger partial charge in [-0.3, -0.25) is 4.79 Å². The van der Waals surface area contributed by atoms with Crippen molar-refractivity contribution in [1.29, 1.82) is 0 Å². The molecule has 2 aromatic carbocycles. The monoisotopic (exact) mass is 421 g/mol. The highest BCUT2D eigenvalue weighted by Gasteiger charge is 2.22. The van der Waals surface area contributed by atoms with Gasteiger partial charge in [0.15, 0.2) is 16.4 Å². The van der Waals surface area contributed by atoms with Crippen LogP contribution < -0.4 is 5.32 Å². The van der Waals surface area contributed by atoms with E-state index < -0.39 is 28.3 Å². The van der Waals surface area contributed by atoms with Gasteiger partial charge < -0.3 is 10.1 Å². The molecule has 1 aliphatic rings. The maximum atomic E-state index is 12.3. The van der Waals surface area contributed by atoms with Gasteiger partial charge in [0, 0.05) is 6.26 Å². The van der Waals surface area contributed by atoms with Crippen LogP contribution in [0.1, 0.15) is 40.4 Å². The van der Waals surface area contributed by atoms with E-state index in [0.29, 0.717) is 0 Å². The molecule has 1 aliphatic carbocycles. The summed E-state index contributed by atoms with van der Waals surface area (Å²) in [4.78, 5) is 24.5. The highest BCUT2D eigenvalue weighted by Crippen LogP contribution is 2.29. The fourth-order valence-electron chi connectivity index (χ4n) is 3.24. The van der Waals surface area contributed by atoms with Gasteiger partial charge in [-0.25, -0.2) is 13.2 Å². The quantitative estimate of drug-likeness (QED) is 0.749. The number of hydrogen-bond donors (Lipinski definition) is 1. The molecule has 0 radical (unpaired) electrons. The fraction of sp³-hybridized carbons (Fsp3) is 0.300. The zero-order chi connectivity index (χ0) is 20.3. The molecule has 0 aliphatic heterocycles. The van der Waals surface area contributed by atoms with E-state index in [1.165, 1.54) is 17.7 Å². The highest BCUT2D eigenvalue weighted by molar-refractivity contribution is 7.90. The van der Waals surface area contributed by atoms with E-state index in [9.17, 15) is 18.0 Å². The minimum absolute atomic E-state index is 0.0490. The van der Waals surface area contributed by atoms with Crippen LogP contribution in [-0.4, -0.2) is 33.2 Å². The summed E-state index contributed by atoms with van der Waals surface area (Å²) in [5.74, 6) is -1.28. The zero-order valence-electron chi connectivity index (χ0n) is 15.3. The summed E-state index contributed by atoms with van der Waals surface area (Å²) in [5.41, 5.74) is 2.19. The van der Waals surface area contributed by atoms with E-state index >= 15 is 0 Å². The first kappa shape index (κ1) is 20.4. The molecule has 148 valence electrons. The number of carbonyl (C=O) groups excluding carboxylic acids is 2. The second-order valence-electron chi connectivity index (χ2n) is 6.70. The molecule has 1 atom stereocenters. The number of esters is 1. The van der Waals surface area contributed by atoms with Gasteiger partial charge in [0.1, 0.15) is 0 Å². The lowest BCUT2D eigenvalue weighted by Gasteiger charge is -2.26. The van der Waals surface area contributed by atoms with Gasteiger partial charge in [0.25, 0.3) is 5.91 Å². The summed E-state index contributed by atoms with van der Waals surface area (Å²) in [6, 6.07) is 11.6. The normalized spacial score (nSPS) is 16.1. The van der Waals surface area contributed by atoms with E-state index in [0.717, 1.165) is 37.1 Å². The number of carbonyl (C=O) groups is 2. The van der Waals surface area contributed by atoms with Crippen LogP contribution in [0.2, 0.25) is 5.02 Å². The van der Waals surface area contributed by atoms with Gasteiger partial charge in [-0.1, -0.05) is 35.9 Å². The van der Waals surface area contributed by atoms with E-state index in [2.05, 4.69) is 5.32 Å². The van der Waals surface area contributed by atoms with Crippen molar-refractivity contribution in [2.75, 3.05) is 12.9 Å². The Bertz CT molecular complexity index is 1020. The van der Waals surface area contributed by atoms with Crippen molar-refractivity contribution in [3.8, 4) is 0 Å². The standard InChI is InChI=1S/C20H20ClNO5S/c1-28(25,26)14-9-10-17(21)16(11-14)20(24)27-12-19(23)22-18-8-4-6-13-5-2-3-7-15(13)18/h2-3,5,7,9-11,18H,4,6,8,12H2,1H3,(H,22,23)/t18-/m0/s1. The van der Waals surface area contributed by atoms with Crippen molar-refractivity contribution < 1.29 is 22.7 Å². The summed E-state index contributed by atoms with van der Waals surface area (Å²) in [7, 11) is -3.50. The zero-order valence-corrected chi connectivity index (χ0v) is 16.8. The van der Waals surface area contributed by atoms with Crippen molar-refractivity contribution in [3.63, 3.8) is 0 Å². The van der Waals surface area contributed by atoms with Crippen molar-refractivity contribution >= 4 is 33.3 Å². The molecule has 0 spiro atoms. The van der Waals surface area contributed by atoms with Gasteiger partial charge in [0.05, 0.1) is 21.5 Å². The molecule has 8 heteroatoms. The average molecular weight is 422 g/mol. The number of hydrogen-bond acceptors (Lipinski definition) is 5. The minimum atomic E-state index is -3.50. The predicted octanol–water partition coefficient (Wildman–Crippen LogP) is 3.09. The summed E-state index contributed by atoms with van der Waals surface area (Å²) in [6.07, 6.45) is 3.79. The molecule has 2 aromatic rings. The Hall–Kier alpha value is -2.38. The molecule has 1 N–H and O–H groups in total. The number of ether oxygens (including phenoxy) is 1. The first-order chi connectivity index (χ1) is 13.3. The Morgan fingerprint density at radius 1 is 1.21 bits per heavy atom. The number of benzene rings is 2. The van der Waals surface area contributed by atoms with Gasteiger partial charge in [-0.15, -0.1) is 0 Å². The number of aryl methyl sites for hydroxylation is 1. The summed E-state index contributed by atoms with van der Waals surface area (Å²) in [5, 5.41) is 2.94. The van der Waals surface area contributed by atoms with Crippen LogP contribution in [0.3, 0.4) is 0 Å². The third-order valence-electron chi connectivity index (χ3n) is 4.62. The predicted molar refractivity (Wildman–Crippen MR) is 105 cm³/mol. The summed E-state index contributed by atoms with van der Waals surface area (Å²) >= 11 is 5.97. The van der Waals surface area contributed by atoms with Crippen molar-refractivity contribution in [1.82, 2.24) is 5.32 Å². The Balaban J connectivity index is 1.64. The summed E-state index contributed by atoms with van der Waals surface area (Å²) < 4.78 is 28.3. The molecule has 0 heterocycles. The maximum absolute atomic E-state index is 12.3. The van der Waals surface area contributed by atoms with E-state index in [-0.39, 0.29) is 21.5 Å². The molecule has 0 saturated carbocycles. The number of sulfone groups is 1. The smallest absolute Gasteiger partial charge is 0.340 e. The molecule has 0 bridgehead atoms. The van der Waals surface area contributed by atoms with Crippen LogP contribution in [0.5, 0.6) is 0 Å². The van der Waals surface area contributed by atoms with E-state index in [1.807, 2.05) is 24.3 Å². The first-order valence-electron chi connectivity index (χ1n) is 8.79. The highest BCUT2D eigenvalue weighted by atomic mass is 35.5. The van der Waals surface area contributed by atoms with Crippen molar-refractivity contribution in [2.45, 2.75) is 30.2 Å². The van der Waals surface area contributed by atoms with Gasteiger partial charge >= 0.3 is 5.97 Å². The van der Waals surface area contributed by atoms with Gasteiger partial charge in [0.2, 0.25) is 0 Å². The third-order valence-corrected chi connectivity index (χ3v) is 6.06. The number of fused-ring (bicyclic) bond motifs is 1. The molecule has 0 fully saturated rings. The molecule has 1 amide bonds. The fourth-order valence-corrected chi connectivity index (χ4v) is 4.08. The van der Waals surface area contributed by atoms with Crippen LogP contribution in [0.25, 0.3) is 0 Å². The number of nitrogens with one attached hydrogen (secondary N) is 1. The minimum Gasteiger partial charge on any atom is -0.452 e. The molecular weight excluding hydrogens is 402 g/mol. The number of amides is 1. The lowest BCUT2D eigenvalue weighted by molar-refractivity contribution is -0.125. The SMILES string of the molecule is CS(=O)(=O)c1ccc(Cl)c(C(=O)OCC(=O)N[C@H]2CCCc3ccccc32)c1.